The van der Waals surface area contributed by atoms with Crippen LogP contribution < -0.4 is 15.7 Å². The molecule has 0 fully saturated rings. The van der Waals surface area contributed by atoms with Gasteiger partial charge < -0.3 is 4.74 Å². The Morgan fingerprint density at radius 1 is 1.18 bits per heavy atom. The number of hydrogen-bond donors (Lipinski definition) is 1. The van der Waals surface area contributed by atoms with Crippen LogP contribution >= 0.6 is 23.1 Å². The number of nitrogens with one attached hydrogen (secondary N) is 1. The lowest BCUT2D eigenvalue weighted by Gasteiger charge is -2.14. The van der Waals surface area contributed by atoms with Crippen molar-refractivity contribution in [3.8, 4) is 11.4 Å². The van der Waals surface area contributed by atoms with Gasteiger partial charge in [-0.25, -0.2) is 10.4 Å². The Kier molecular flexibility index (Phi) is 8.27. The largest absolute Gasteiger partial charge is 0.494 e. The Morgan fingerprint density at radius 2 is 1.90 bits per heavy atom. The molecule has 2 aromatic heterocycles. The molecule has 4 aromatic rings. The summed E-state index contributed by atoms with van der Waals surface area (Å²) in [6.45, 7) is 4.15. The van der Waals surface area contributed by atoms with Crippen LogP contribution in [0.1, 0.15) is 42.7 Å². The van der Waals surface area contributed by atoms with Gasteiger partial charge in [-0.2, -0.15) is 5.10 Å². The minimum atomic E-state index is -0.473. The molecule has 5 rings (SSSR count). The third-order valence-corrected chi connectivity index (χ3v) is 8.66. The summed E-state index contributed by atoms with van der Waals surface area (Å²) in [4.78, 5) is 43.8. The topological polar surface area (TPSA) is 129 Å². The first-order valence-electron chi connectivity index (χ1n) is 12.9. The van der Waals surface area contributed by atoms with Gasteiger partial charge in [-0.05, 0) is 87.1 Å². The molecule has 1 N–H and O–H groups in total. The zero-order chi connectivity index (χ0) is 28.2. The SMILES string of the molecule is CCOc1ccc(-n2c(SCC(=O)NN=C(C)c3ccc([N+](=O)[O-])cc3)nc3sc4c(c3c2=O)CCCC4)cc1. The molecule has 2 heterocycles. The number of amides is 1. The summed E-state index contributed by atoms with van der Waals surface area (Å²) in [6, 6.07) is 13.2. The number of carbonyl (C=O) groups excluding carboxylic acids is 1. The molecule has 1 amide bonds. The highest BCUT2D eigenvalue weighted by molar-refractivity contribution is 7.99. The Bertz CT molecular complexity index is 1660. The molecule has 0 unspecified atom stereocenters. The molecule has 2 aromatic carbocycles. The van der Waals surface area contributed by atoms with E-state index in [4.69, 9.17) is 9.72 Å². The van der Waals surface area contributed by atoms with Gasteiger partial charge in [0, 0.05) is 17.0 Å². The second-order valence-corrected chi connectivity index (χ2v) is 11.2. The molecule has 0 saturated heterocycles. The maximum Gasteiger partial charge on any atom is 0.269 e. The van der Waals surface area contributed by atoms with Gasteiger partial charge in [-0.15, -0.1) is 11.3 Å². The molecule has 0 bridgehead atoms. The highest BCUT2D eigenvalue weighted by atomic mass is 32.2. The molecular formula is C28H27N5O5S2. The zero-order valence-corrected chi connectivity index (χ0v) is 23.6. The number of aromatic nitrogens is 2. The van der Waals surface area contributed by atoms with Gasteiger partial charge in [0.25, 0.3) is 17.2 Å². The number of hydrazone groups is 1. The van der Waals surface area contributed by atoms with Crippen molar-refractivity contribution in [2.75, 3.05) is 12.4 Å². The Labute approximate surface area is 238 Å². The molecular weight excluding hydrogens is 550 g/mol. The number of rotatable bonds is 9. The van der Waals surface area contributed by atoms with E-state index >= 15 is 0 Å². The lowest BCUT2D eigenvalue weighted by atomic mass is 9.97. The van der Waals surface area contributed by atoms with Crippen molar-refractivity contribution in [1.82, 2.24) is 15.0 Å². The number of nitro groups is 1. The molecule has 40 heavy (non-hydrogen) atoms. The molecule has 0 saturated carbocycles. The van der Waals surface area contributed by atoms with Crippen LogP contribution in [0.2, 0.25) is 0 Å². The smallest absolute Gasteiger partial charge is 0.269 e. The van der Waals surface area contributed by atoms with Gasteiger partial charge >= 0.3 is 0 Å². The molecule has 0 atom stereocenters. The molecule has 0 aliphatic heterocycles. The van der Waals surface area contributed by atoms with E-state index < -0.39 is 4.92 Å². The van der Waals surface area contributed by atoms with Crippen molar-refractivity contribution in [3.63, 3.8) is 0 Å². The number of benzene rings is 2. The van der Waals surface area contributed by atoms with E-state index in [1.54, 1.807) is 35.0 Å². The van der Waals surface area contributed by atoms with Crippen LogP contribution in [0, 0.1) is 10.1 Å². The fourth-order valence-electron chi connectivity index (χ4n) is 4.57. The Balaban J connectivity index is 1.40. The molecule has 0 radical (unpaired) electrons. The van der Waals surface area contributed by atoms with Gasteiger partial charge in [0.2, 0.25) is 0 Å². The predicted octanol–water partition coefficient (Wildman–Crippen LogP) is 5.27. The number of aryl methyl sites for hydroxylation is 2. The van der Waals surface area contributed by atoms with E-state index in [1.807, 2.05) is 31.2 Å². The average molecular weight is 578 g/mol. The summed E-state index contributed by atoms with van der Waals surface area (Å²) in [5.74, 6) is 0.317. The van der Waals surface area contributed by atoms with Gasteiger partial charge in [0.1, 0.15) is 10.6 Å². The minimum Gasteiger partial charge on any atom is -0.494 e. The second-order valence-electron chi connectivity index (χ2n) is 9.18. The average Bonchev–Trinajstić information content (AvgIpc) is 3.34. The number of carbonyl (C=O) groups is 1. The molecule has 206 valence electrons. The monoisotopic (exact) mass is 577 g/mol. The summed E-state index contributed by atoms with van der Waals surface area (Å²) >= 11 is 2.73. The van der Waals surface area contributed by atoms with Crippen molar-refractivity contribution < 1.29 is 14.5 Å². The molecule has 1 aliphatic carbocycles. The summed E-state index contributed by atoms with van der Waals surface area (Å²) in [5, 5.41) is 16.1. The van der Waals surface area contributed by atoms with Gasteiger partial charge in [-0.1, -0.05) is 11.8 Å². The number of nitro benzene ring substituents is 1. The molecule has 12 heteroatoms. The van der Waals surface area contributed by atoms with E-state index in [9.17, 15) is 19.7 Å². The van der Waals surface area contributed by atoms with Crippen LogP contribution in [-0.4, -0.2) is 38.5 Å². The van der Waals surface area contributed by atoms with E-state index in [2.05, 4.69) is 10.5 Å². The van der Waals surface area contributed by atoms with Crippen LogP contribution in [0.5, 0.6) is 5.75 Å². The van der Waals surface area contributed by atoms with Crippen LogP contribution in [0.4, 0.5) is 5.69 Å². The van der Waals surface area contributed by atoms with Crippen LogP contribution in [0.25, 0.3) is 15.9 Å². The fourth-order valence-corrected chi connectivity index (χ4v) is 6.67. The first kappa shape index (κ1) is 27.5. The van der Waals surface area contributed by atoms with Crippen LogP contribution in [0.15, 0.2) is 63.6 Å². The van der Waals surface area contributed by atoms with Crippen molar-refractivity contribution in [3.05, 3.63) is 85.0 Å². The predicted molar refractivity (Wildman–Crippen MR) is 157 cm³/mol. The maximum absolute atomic E-state index is 13.9. The van der Waals surface area contributed by atoms with E-state index in [0.29, 0.717) is 44.7 Å². The number of thioether (sulfide) groups is 1. The number of ether oxygens (including phenoxy) is 1. The number of thiophene rings is 1. The van der Waals surface area contributed by atoms with Crippen molar-refractivity contribution in [2.45, 2.75) is 44.7 Å². The normalized spacial score (nSPS) is 13.2. The fraction of sp³-hybridized carbons (Fsp3) is 0.286. The van der Waals surface area contributed by atoms with Crippen LogP contribution in [0.3, 0.4) is 0 Å². The maximum atomic E-state index is 13.9. The number of nitrogens with zero attached hydrogens (tertiary/aromatic N) is 4. The Morgan fingerprint density at radius 3 is 2.60 bits per heavy atom. The first-order chi connectivity index (χ1) is 19.4. The highest BCUT2D eigenvalue weighted by Gasteiger charge is 2.23. The third-order valence-electron chi connectivity index (χ3n) is 6.54. The van der Waals surface area contributed by atoms with Crippen molar-refractivity contribution in [2.24, 2.45) is 5.10 Å². The lowest BCUT2D eigenvalue weighted by molar-refractivity contribution is -0.384. The van der Waals surface area contributed by atoms with E-state index in [1.165, 1.54) is 17.0 Å². The van der Waals surface area contributed by atoms with E-state index in [-0.39, 0.29) is 22.9 Å². The van der Waals surface area contributed by atoms with Gasteiger partial charge in [-0.3, -0.25) is 24.3 Å². The van der Waals surface area contributed by atoms with Crippen molar-refractivity contribution in [1.29, 1.82) is 0 Å². The highest BCUT2D eigenvalue weighted by Crippen LogP contribution is 2.35. The van der Waals surface area contributed by atoms with Crippen molar-refractivity contribution >= 4 is 50.6 Å². The van der Waals surface area contributed by atoms with Gasteiger partial charge in [0.05, 0.1) is 34.1 Å². The quantitative estimate of drug-likeness (QED) is 0.0944. The number of fused-ring (bicyclic) bond motifs is 3. The Hall–Kier alpha value is -4.03. The molecule has 10 nitrogen and oxygen atoms in total. The standard InChI is InChI=1S/C28H27N5O5S2/c1-3-38-21-14-12-19(13-15-21)32-27(35)25-22-6-4-5-7-23(22)40-26(25)29-28(32)39-16-24(34)31-30-17(2)18-8-10-20(11-9-18)33(36)37/h8-15H,3-7,16H2,1-2H3,(H,31,34). The second kappa shape index (κ2) is 12.0. The van der Waals surface area contributed by atoms with Crippen LogP contribution in [-0.2, 0) is 17.6 Å². The molecule has 1 aliphatic rings. The van der Waals surface area contributed by atoms with E-state index in [0.717, 1.165) is 43.0 Å². The lowest BCUT2D eigenvalue weighted by Crippen LogP contribution is -2.24. The third kappa shape index (κ3) is 5.77. The van der Waals surface area contributed by atoms with Gasteiger partial charge in [0.15, 0.2) is 5.16 Å². The summed E-state index contributed by atoms with van der Waals surface area (Å²) in [7, 11) is 0. The summed E-state index contributed by atoms with van der Waals surface area (Å²) in [5.41, 5.74) is 5.27. The minimum absolute atomic E-state index is 0.0168. The summed E-state index contributed by atoms with van der Waals surface area (Å²) < 4.78 is 7.13. The molecule has 0 spiro atoms. The number of non-ortho nitro benzene ring substituents is 1. The number of hydrogen-bond acceptors (Lipinski definition) is 9. The first-order valence-corrected chi connectivity index (χ1v) is 14.7. The zero-order valence-electron chi connectivity index (χ0n) is 22.0. The summed E-state index contributed by atoms with van der Waals surface area (Å²) in [6.07, 6.45) is 3.98.